The number of hydrogen-bond acceptors (Lipinski definition) is 5. The molecule has 6 heteroatoms. The van der Waals surface area contributed by atoms with E-state index in [9.17, 15) is 4.79 Å². The third kappa shape index (κ3) is 4.84. The van der Waals surface area contributed by atoms with E-state index in [4.69, 9.17) is 11.6 Å². The molecule has 1 aliphatic carbocycles. The molecule has 1 aromatic heterocycles. The zero-order chi connectivity index (χ0) is 21.2. The van der Waals surface area contributed by atoms with E-state index in [1.54, 1.807) is 11.3 Å². The first kappa shape index (κ1) is 20.7. The fraction of sp³-hybridized carbons (Fsp3) is 0.360. The van der Waals surface area contributed by atoms with Crippen molar-refractivity contribution in [2.45, 2.75) is 38.6 Å². The fourth-order valence-corrected chi connectivity index (χ4v) is 5.20. The van der Waals surface area contributed by atoms with E-state index in [-0.39, 0.29) is 0 Å². The molecule has 3 aromatic rings. The summed E-state index contributed by atoms with van der Waals surface area (Å²) >= 11 is 8.12. The maximum Gasteiger partial charge on any atom is 0.142 e. The van der Waals surface area contributed by atoms with E-state index >= 15 is 0 Å². The minimum absolute atomic E-state index is 0.295. The fourth-order valence-electron chi connectivity index (χ4n) is 4.14. The van der Waals surface area contributed by atoms with Gasteiger partial charge in [0.2, 0.25) is 0 Å². The molecule has 0 spiro atoms. The molecule has 2 heterocycles. The van der Waals surface area contributed by atoms with Gasteiger partial charge in [0.1, 0.15) is 10.8 Å². The summed E-state index contributed by atoms with van der Waals surface area (Å²) in [5.74, 6) is 0.638. The second kappa shape index (κ2) is 9.11. The average Bonchev–Trinajstić information content (AvgIpc) is 3.57. The zero-order valence-electron chi connectivity index (χ0n) is 17.4. The van der Waals surface area contributed by atoms with Gasteiger partial charge in [0.25, 0.3) is 0 Å². The first-order chi connectivity index (χ1) is 15.2. The first-order valence-electron chi connectivity index (χ1n) is 11.0. The summed E-state index contributed by atoms with van der Waals surface area (Å²) in [6.45, 7) is 2.73. The summed E-state index contributed by atoms with van der Waals surface area (Å²) in [5, 5.41) is 10.8. The van der Waals surface area contributed by atoms with E-state index in [2.05, 4.69) is 51.3 Å². The van der Waals surface area contributed by atoms with Crippen LogP contribution in [0.1, 0.15) is 34.5 Å². The van der Waals surface area contributed by atoms with Crippen LogP contribution in [-0.2, 0) is 30.6 Å². The van der Waals surface area contributed by atoms with E-state index in [1.165, 1.54) is 16.7 Å². The lowest BCUT2D eigenvalue weighted by atomic mass is 10.0. The Labute approximate surface area is 192 Å². The highest BCUT2D eigenvalue weighted by Crippen LogP contribution is 2.33. The largest absolute Gasteiger partial charge is 0.380 e. The number of nitrogens with one attached hydrogen (secondary N) is 2. The van der Waals surface area contributed by atoms with Gasteiger partial charge in [0, 0.05) is 23.4 Å². The van der Waals surface area contributed by atoms with Crippen molar-refractivity contribution in [1.29, 1.82) is 0 Å². The summed E-state index contributed by atoms with van der Waals surface area (Å²) in [6, 6.07) is 12.6. The third-order valence-electron chi connectivity index (χ3n) is 6.11. The SMILES string of the molecule is O=C(Cc1nc(-c2ccc(CNc3c(Cl)ccc4c3CCNCC4)cc2)cs1)C1CC1. The van der Waals surface area contributed by atoms with Crippen LogP contribution in [0.2, 0.25) is 5.02 Å². The van der Waals surface area contributed by atoms with Gasteiger partial charge in [-0.2, -0.15) is 0 Å². The van der Waals surface area contributed by atoms with Crippen molar-refractivity contribution in [3.8, 4) is 11.3 Å². The maximum atomic E-state index is 12.0. The monoisotopic (exact) mass is 451 g/mol. The van der Waals surface area contributed by atoms with Crippen LogP contribution >= 0.6 is 22.9 Å². The lowest BCUT2D eigenvalue weighted by molar-refractivity contribution is -0.119. The van der Waals surface area contributed by atoms with Crippen molar-refractivity contribution < 1.29 is 4.79 Å². The van der Waals surface area contributed by atoms with Gasteiger partial charge in [-0.3, -0.25) is 4.79 Å². The normalized spacial score (nSPS) is 15.9. The molecule has 0 amide bonds. The molecule has 2 aromatic carbocycles. The van der Waals surface area contributed by atoms with Crippen LogP contribution in [0.5, 0.6) is 0 Å². The van der Waals surface area contributed by atoms with Gasteiger partial charge < -0.3 is 10.6 Å². The molecular formula is C25H26ClN3OS. The lowest BCUT2D eigenvalue weighted by Crippen LogP contribution is -2.16. The number of benzene rings is 2. The molecule has 160 valence electrons. The Morgan fingerprint density at radius 1 is 1.13 bits per heavy atom. The molecule has 0 atom stereocenters. The van der Waals surface area contributed by atoms with E-state index < -0.39 is 0 Å². The third-order valence-corrected chi connectivity index (χ3v) is 7.27. The molecule has 1 saturated carbocycles. The predicted molar refractivity (Wildman–Crippen MR) is 128 cm³/mol. The minimum atomic E-state index is 0.295. The van der Waals surface area contributed by atoms with E-state index in [1.807, 2.05) is 6.07 Å². The number of thiazole rings is 1. The van der Waals surface area contributed by atoms with Crippen LogP contribution in [0.3, 0.4) is 0 Å². The molecule has 1 fully saturated rings. The molecular weight excluding hydrogens is 426 g/mol. The van der Waals surface area contributed by atoms with Gasteiger partial charge in [-0.15, -0.1) is 11.3 Å². The number of aromatic nitrogens is 1. The summed E-state index contributed by atoms with van der Waals surface area (Å²) in [4.78, 5) is 16.7. The first-order valence-corrected chi connectivity index (χ1v) is 12.2. The van der Waals surface area contributed by atoms with Gasteiger partial charge >= 0.3 is 0 Å². The number of nitrogens with zero attached hydrogens (tertiary/aromatic N) is 1. The van der Waals surface area contributed by atoms with Crippen molar-refractivity contribution in [3.05, 3.63) is 68.5 Å². The van der Waals surface area contributed by atoms with Crippen LogP contribution in [0.25, 0.3) is 11.3 Å². The van der Waals surface area contributed by atoms with Crippen LogP contribution in [0, 0.1) is 5.92 Å². The molecule has 0 unspecified atom stereocenters. The minimum Gasteiger partial charge on any atom is -0.380 e. The number of carbonyl (C=O) groups is 1. The smallest absolute Gasteiger partial charge is 0.142 e. The molecule has 2 N–H and O–H groups in total. The lowest BCUT2D eigenvalue weighted by Gasteiger charge is -2.16. The Morgan fingerprint density at radius 2 is 1.94 bits per heavy atom. The number of fused-ring (bicyclic) bond motifs is 1. The van der Waals surface area contributed by atoms with Crippen LogP contribution < -0.4 is 10.6 Å². The van der Waals surface area contributed by atoms with Gasteiger partial charge in [-0.25, -0.2) is 4.98 Å². The number of hydrogen-bond donors (Lipinski definition) is 2. The van der Waals surface area contributed by atoms with Crippen molar-refractivity contribution in [3.63, 3.8) is 0 Å². The highest BCUT2D eigenvalue weighted by Gasteiger charge is 2.29. The number of Topliss-reactive ketones (excluding diaryl/α,β-unsaturated/α-hetero) is 1. The Hall–Kier alpha value is -2.21. The standard InChI is InChI=1S/C25H26ClN3OS/c26-21-8-7-17-9-11-27-12-10-20(17)25(21)28-14-16-1-3-18(4-2-16)22-15-31-24(29-22)13-23(30)19-5-6-19/h1-4,7-8,15,19,27-28H,5-6,9-14H2. The van der Waals surface area contributed by atoms with Gasteiger partial charge in [-0.05, 0) is 61.5 Å². The summed E-state index contributed by atoms with van der Waals surface area (Å²) < 4.78 is 0. The average molecular weight is 452 g/mol. The number of rotatable bonds is 7. The summed E-state index contributed by atoms with van der Waals surface area (Å²) in [6.07, 6.45) is 4.63. The molecule has 1 aliphatic heterocycles. The van der Waals surface area contributed by atoms with Crippen molar-refractivity contribution >= 4 is 34.4 Å². The molecule has 31 heavy (non-hydrogen) atoms. The Bertz CT molecular complexity index is 1090. The van der Waals surface area contributed by atoms with Gasteiger partial charge in [0.15, 0.2) is 0 Å². The molecule has 5 rings (SSSR count). The zero-order valence-corrected chi connectivity index (χ0v) is 19.0. The van der Waals surface area contributed by atoms with Crippen LogP contribution in [0.4, 0.5) is 5.69 Å². The number of anilines is 1. The highest BCUT2D eigenvalue weighted by atomic mass is 35.5. The topological polar surface area (TPSA) is 54.0 Å². The van der Waals surface area contributed by atoms with Crippen LogP contribution in [0.15, 0.2) is 41.8 Å². The highest BCUT2D eigenvalue weighted by molar-refractivity contribution is 7.10. The molecule has 4 nitrogen and oxygen atoms in total. The number of carbonyl (C=O) groups excluding carboxylic acids is 1. The molecule has 0 saturated heterocycles. The summed E-state index contributed by atoms with van der Waals surface area (Å²) in [5.41, 5.74) is 7.02. The quantitative estimate of drug-likeness (QED) is 0.512. The van der Waals surface area contributed by atoms with Crippen LogP contribution in [-0.4, -0.2) is 23.9 Å². The van der Waals surface area contributed by atoms with Gasteiger partial charge in [0.05, 0.1) is 22.8 Å². The Morgan fingerprint density at radius 3 is 2.74 bits per heavy atom. The molecule has 0 bridgehead atoms. The van der Waals surface area contributed by atoms with E-state index in [0.29, 0.717) is 18.1 Å². The van der Waals surface area contributed by atoms with Gasteiger partial charge in [-0.1, -0.05) is 41.9 Å². The molecule has 2 aliphatic rings. The second-order valence-electron chi connectivity index (χ2n) is 8.40. The number of ketones is 1. The molecule has 0 radical (unpaired) electrons. The second-order valence-corrected chi connectivity index (χ2v) is 9.75. The predicted octanol–water partition coefficient (Wildman–Crippen LogP) is 5.29. The number of halogens is 1. The Kier molecular flexibility index (Phi) is 6.08. The summed E-state index contributed by atoms with van der Waals surface area (Å²) in [7, 11) is 0. The Balaban J connectivity index is 1.25. The maximum absolute atomic E-state index is 12.0. The van der Waals surface area contributed by atoms with E-state index in [0.717, 1.165) is 72.3 Å². The van der Waals surface area contributed by atoms with Crippen molar-refractivity contribution in [2.75, 3.05) is 18.4 Å². The van der Waals surface area contributed by atoms with Crippen molar-refractivity contribution in [2.24, 2.45) is 5.92 Å². The van der Waals surface area contributed by atoms with Crippen molar-refractivity contribution in [1.82, 2.24) is 10.3 Å².